The average molecular weight is 454 g/mol. The molecule has 0 bridgehead atoms. The molecule has 1 fully saturated rings. The summed E-state index contributed by atoms with van der Waals surface area (Å²) in [7, 11) is 0. The highest BCUT2D eigenvalue weighted by atomic mass is 35.5. The Morgan fingerprint density at radius 2 is 1.93 bits per heavy atom. The van der Waals surface area contributed by atoms with Crippen LogP contribution in [0.2, 0.25) is 10.0 Å². The van der Waals surface area contributed by atoms with Gasteiger partial charge in [-0.05, 0) is 55.0 Å². The van der Waals surface area contributed by atoms with Crippen LogP contribution in [0.15, 0.2) is 41.3 Å². The normalized spacial score (nSPS) is 15.0. The van der Waals surface area contributed by atoms with Crippen LogP contribution in [0.5, 0.6) is 11.5 Å². The molecule has 0 aliphatic carbocycles. The topological polar surface area (TPSA) is 47.6 Å². The van der Waals surface area contributed by atoms with E-state index in [2.05, 4.69) is 5.32 Å². The van der Waals surface area contributed by atoms with Crippen molar-refractivity contribution in [1.29, 1.82) is 0 Å². The summed E-state index contributed by atoms with van der Waals surface area (Å²) in [5.74, 6) is 1.21. The Kier molecular flexibility index (Phi) is 7.24. The molecule has 2 aromatic carbocycles. The number of aryl methyl sites for hydroxylation is 1. The van der Waals surface area contributed by atoms with Crippen LogP contribution in [0, 0.1) is 6.92 Å². The molecule has 1 saturated heterocycles. The lowest BCUT2D eigenvalue weighted by atomic mass is 10.2. The summed E-state index contributed by atoms with van der Waals surface area (Å²) < 4.78 is 12.0. The summed E-state index contributed by atoms with van der Waals surface area (Å²) in [4.78, 5) is 12.4. The molecular formula is C20H17Cl2NO3S2. The lowest BCUT2D eigenvalue weighted by Crippen LogP contribution is -2.17. The van der Waals surface area contributed by atoms with E-state index >= 15 is 0 Å². The van der Waals surface area contributed by atoms with E-state index in [0.717, 1.165) is 21.9 Å². The standard InChI is InChI=1S/C20H17Cl2NO3S2/c1-12-9-15(4-5-16(12)22)25-7-2-8-26-17-6-3-14(21)10-13(17)11-18-19(24)23-20(27)28-18/h3-6,9-11H,2,7-8H2,1H3,(H,23,24,27)/b18-11+. The highest BCUT2D eigenvalue weighted by Crippen LogP contribution is 2.31. The van der Waals surface area contributed by atoms with Crippen molar-refractivity contribution in [3.8, 4) is 11.5 Å². The Bertz CT molecular complexity index is 947. The number of carbonyl (C=O) groups excluding carboxylic acids is 1. The van der Waals surface area contributed by atoms with Crippen molar-refractivity contribution in [2.24, 2.45) is 0 Å². The number of hydrogen-bond acceptors (Lipinski definition) is 5. The van der Waals surface area contributed by atoms with Gasteiger partial charge < -0.3 is 14.8 Å². The highest BCUT2D eigenvalue weighted by molar-refractivity contribution is 8.26. The van der Waals surface area contributed by atoms with E-state index in [1.807, 2.05) is 25.1 Å². The van der Waals surface area contributed by atoms with Crippen LogP contribution in [0.1, 0.15) is 17.5 Å². The first-order chi connectivity index (χ1) is 13.4. The number of thioether (sulfide) groups is 1. The highest BCUT2D eigenvalue weighted by Gasteiger charge is 2.22. The van der Waals surface area contributed by atoms with Gasteiger partial charge in [0.15, 0.2) is 0 Å². The van der Waals surface area contributed by atoms with Gasteiger partial charge in [-0.2, -0.15) is 0 Å². The lowest BCUT2D eigenvalue weighted by Gasteiger charge is -2.11. The third-order valence-electron chi connectivity index (χ3n) is 3.84. The van der Waals surface area contributed by atoms with Gasteiger partial charge in [0.25, 0.3) is 5.91 Å². The summed E-state index contributed by atoms with van der Waals surface area (Å²) in [6.45, 7) is 2.91. The number of ether oxygens (including phenoxy) is 2. The molecule has 3 rings (SSSR count). The van der Waals surface area contributed by atoms with Crippen LogP contribution < -0.4 is 14.8 Å². The molecule has 0 aromatic heterocycles. The molecule has 1 aliphatic rings. The van der Waals surface area contributed by atoms with Gasteiger partial charge in [-0.3, -0.25) is 4.79 Å². The lowest BCUT2D eigenvalue weighted by molar-refractivity contribution is -0.115. The maximum absolute atomic E-state index is 11.9. The first-order valence-corrected chi connectivity index (χ1v) is 10.5. The third-order valence-corrected chi connectivity index (χ3v) is 5.67. The second-order valence-electron chi connectivity index (χ2n) is 6.00. The summed E-state index contributed by atoms with van der Waals surface area (Å²) >= 11 is 18.3. The molecule has 0 radical (unpaired) electrons. The van der Waals surface area contributed by atoms with Crippen molar-refractivity contribution in [3.63, 3.8) is 0 Å². The number of carbonyl (C=O) groups is 1. The second-order valence-corrected chi connectivity index (χ2v) is 8.56. The number of nitrogens with one attached hydrogen (secondary N) is 1. The minimum absolute atomic E-state index is 0.215. The molecule has 146 valence electrons. The van der Waals surface area contributed by atoms with E-state index in [1.165, 1.54) is 11.8 Å². The minimum Gasteiger partial charge on any atom is -0.493 e. The fourth-order valence-electron chi connectivity index (χ4n) is 2.46. The molecular weight excluding hydrogens is 437 g/mol. The molecule has 0 atom stereocenters. The van der Waals surface area contributed by atoms with Crippen molar-refractivity contribution >= 4 is 63.5 Å². The Balaban J connectivity index is 1.57. The quantitative estimate of drug-likeness (QED) is 0.333. The number of amides is 1. The van der Waals surface area contributed by atoms with Crippen LogP contribution in [0.3, 0.4) is 0 Å². The van der Waals surface area contributed by atoms with E-state index in [4.69, 9.17) is 44.9 Å². The molecule has 1 heterocycles. The van der Waals surface area contributed by atoms with Gasteiger partial charge in [-0.25, -0.2) is 0 Å². The minimum atomic E-state index is -0.215. The predicted octanol–water partition coefficient (Wildman–Crippen LogP) is 5.64. The third kappa shape index (κ3) is 5.64. The van der Waals surface area contributed by atoms with E-state index in [1.54, 1.807) is 24.3 Å². The van der Waals surface area contributed by atoms with Gasteiger partial charge in [0.2, 0.25) is 0 Å². The van der Waals surface area contributed by atoms with E-state index in [0.29, 0.717) is 39.6 Å². The van der Waals surface area contributed by atoms with Crippen LogP contribution in [-0.4, -0.2) is 23.4 Å². The van der Waals surface area contributed by atoms with E-state index < -0.39 is 0 Å². The zero-order valence-electron chi connectivity index (χ0n) is 15.0. The molecule has 1 aliphatic heterocycles. The maximum atomic E-state index is 11.9. The van der Waals surface area contributed by atoms with Crippen LogP contribution in [-0.2, 0) is 4.79 Å². The summed E-state index contributed by atoms with van der Waals surface area (Å²) in [5.41, 5.74) is 1.70. The molecule has 0 unspecified atom stereocenters. The SMILES string of the molecule is Cc1cc(OCCCOc2ccc(Cl)cc2/C=C2/SC(=S)NC2=O)ccc1Cl. The second kappa shape index (κ2) is 9.65. The van der Waals surface area contributed by atoms with Crippen LogP contribution >= 0.6 is 47.2 Å². The molecule has 0 spiro atoms. The van der Waals surface area contributed by atoms with E-state index in [-0.39, 0.29) is 5.91 Å². The predicted molar refractivity (Wildman–Crippen MR) is 120 cm³/mol. The number of halogens is 2. The fourth-order valence-corrected chi connectivity index (χ4v) is 3.80. The van der Waals surface area contributed by atoms with Gasteiger partial charge in [0.05, 0.1) is 18.1 Å². The Morgan fingerprint density at radius 1 is 1.14 bits per heavy atom. The van der Waals surface area contributed by atoms with Crippen molar-refractivity contribution < 1.29 is 14.3 Å². The van der Waals surface area contributed by atoms with Gasteiger partial charge >= 0.3 is 0 Å². The van der Waals surface area contributed by atoms with Crippen LogP contribution in [0.4, 0.5) is 0 Å². The molecule has 0 saturated carbocycles. The number of benzene rings is 2. The first-order valence-electron chi connectivity index (χ1n) is 8.48. The smallest absolute Gasteiger partial charge is 0.263 e. The monoisotopic (exact) mass is 453 g/mol. The molecule has 2 aromatic rings. The molecule has 8 heteroatoms. The van der Waals surface area contributed by atoms with Gasteiger partial charge in [-0.1, -0.05) is 47.2 Å². The molecule has 4 nitrogen and oxygen atoms in total. The molecule has 28 heavy (non-hydrogen) atoms. The number of thiocarbonyl (C=S) groups is 1. The summed E-state index contributed by atoms with van der Waals surface area (Å²) in [5, 5.41) is 3.87. The Morgan fingerprint density at radius 3 is 2.64 bits per heavy atom. The maximum Gasteiger partial charge on any atom is 0.263 e. The number of rotatable bonds is 7. The Labute approximate surface area is 183 Å². The van der Waals surface area contributed by atoms with E-state index in [9.17, 15) is 4.79 Å². The van der Waals surface area contributed by atoms with Crippen LogP contribution in [0.25, 0.3) is 6.08 Å². The Hall–Kier alpha value is -1.73. The molecule has 1 N–H and O–H groups in total. The van der Waals surface area contributed by atoms with Crippen molar-refractivity contribution in [2.45, 2.75) is 13.3 Å². The zero-order valence-corrected chi connectivity index (χ0v) is 18.1. The van der Waals surface area contributed by atoms with Crippen molar-refractivity contribution in [2.75, 3.05) is 13.2 Å². The number of hydrogen-bond donors (Lipinski definition) is 1. The first kappa shape index (κ1) is 21.0. The van der Waals surface area contributed by atoms with Crippen molar-refractivity contribution in [3.05, 3.63) is 62.5 Å². The van der Waals surface area contributed by atoms with Gasteiger partial charge in [0.1, 0.15) is 15.8 Å². The average Bonchev–Trinajstić information content (AvgIpc) is 2.96. The molecule has 1 amide bonds. The summed E-state index contributed by atoms with van der Waals surface area (Å²) in [6.07, 6.45) is 2.42. The van der Waals surface area contributed by atoms with Gasteiger partial charge in [-0.15, -0.1) is 0 Å². The van der Waals surface area contributed by atoms with Crippen molar-refractivity contribution in [1.82, 2.24) is 5.32 Å². The zero-order chi connectivity index (χ0) is 20.1. The van der Waals surface area contributed by atoms with Gasteiger partial charge in [0, 0.05) is 22.0 Å². The fraction of sp³-hybridized carbons (Fsp3) is 0.200. The largest absolute Gasteiger partial charge is 0.493 e. The summed E-state index contributed by atoms with van der Waals surface area (Å²) in [6, 6.07) is 10.9.